The van der Waals surface area contributed by atoms with Gasteiger partial charge in [-0.05, 0) is 33.0 Å². The summed E-state index contributed by atoms with van der Waals surface area (Å²) >= 11 is 0. The van der Waals surface area contributed by atoms with E-state index >= 15 is 0 Å². The van der Waals surface area contributed by atoms with Crippen LogP contribution in [0.4, 0.5) is 5.95 Å². The Bertz CT molecular complexity index is 571. The van der Waals surface area contributed by atoms with Crippen LogP contribution in [0.2, 0.25) is 0 Å². The summed E-state index contributed by atoms with van der Waals surface area (Å²) in [6.45, 7) is 2.10. The van der Waals surface area contributed by atoms with Crippen molar-refractivity contribution in [2.45, 2.75) is 18.9 Å². The maximum Gasteiger partial charge on any atom is 0.220 e. The first-order valence-corrected chi connectivity index (χ1v) is 6.15. The van der Waals surface area contributed by atoms with Crippen molar-refractivity contribution >= 4 is 16.9 Å². The number of nitrogens with zero attached hydrogens (tertiary/aromatic N) is 4. The molecule has 96 valence electrons. The summed E-state index contributed by atoms with van der Waals surface area (Å²) in [5, 5.41) is 10.9. The molecular weight excluding hydrogens is 230 g/mol. The predicted octanol–water partition coefficient (Wildman–Crippen LogP) is 0.986. The van der Waals surface area contributed by atoms with Crippen LogP contribution in [0.5, 0.6) is 5.88 Å². The van der Waals surface area contributed by atoms with Gasteiger partial charge in [-0.15, -0.1) is 0 Å². The lowest BCUT2D eigenvalue weighted by Gasteiger charge is -2.30. The third-order valence-electron chi connectivity index (χ3n) is 3.67. The number of piperidine rings is 1. The topological polar surface area (TPSA) is 80.2 Å². The first-order valence-electron chi connectivity index (χ1n) is 6.15. The summed E-state index contributed by atoms with van der Waals surface area (Å²) in [7, 11) is 2.12. The second kappa shape index (κ2) is 4.13. The van der Waals surface area contributed by atoms with Crippen molar-refractivity contribution in [2.75, 3.05) is 25.9 Å². The van der Waals surface area contributed by atoms with Gasteiger partial charge in [0.05, 0.1) is 10.9 Å². The minimum absolute atomic E-state index is 0.239. The third-order valence-corrected chi connectivity index (χ3v) is 3.67. The number of hydrogen-bond acceptors (Lipinski definition) is 5. The van der Waals surface area contributed by atoms with E-state index in [-0.39, 0.29) is 11.8 Å². The van der Waals surface area contributed by atoms with Gasteiger partial charge in [0.2, 0.25) is 11.8 Å². The fraction of sp³-hybridized carbons (Fsp3) is 0.500. The number of nitrogens with two attached hydrogens (primary N) is 1. The fourth-order valence-corrected chi connectivity index (χ4v) is 2.56. The fourth-order valence-electron chi connectivity index (χ4n) is 2.56. The standard InChI is InChI=1S/C12H17N5O/c1-16-4-2-8(3-5-16)17-7-10-9(11(17)18)6-14-12(13)15-10/h6-8,18H,2-5H2,1H3,(H2,13,15). The minimum atomic E-state index is 0.239. The molecule has 0 unspecified atom stereocenters. The summed E-state index contributed by atoms with van der Waals surface area (Å²) in [5.41, 5.74) is 6.27. The summed E-state index contributed by atoms with van der Waals surface area (Å²) in [6.07, 6.45) is 5.53. The van der Waals surface area contributed by atoms with Crippen molar-refractivity contribution in [3.8, 4) is 5.88 Å². The Kier molecular flexibility index (Phi) is 2.59. The molecule has 0 aromatic carbocycles. The SMILES string of the molecule is CN1CCC(n2cc3nc(N)ncc3c2O)CC1. The van der Waals surface area contributed by atoms with Crippen molar-refractivity contribution in [1.29, 1.82) is 0 Å². The molecule has 1 saturated heterocycles. The zero-order valence-electron chi connectivity index (χ0n) is 10.4. The van der Waals surface area contributed by atoms with Crippen molar-refractivity contribution in [2.24, 2.45) is 0 Å². The molecule has 0 atom stereocenters. The van der Waals surface area contributed by atoms with Gasteiger partial charge in [0.1, 0.15) is 0 Å². The lowest BCUT2D eigenvalue weighted by atomic mass is 10.1. The van der Waals surface area contributed by atoms with Gasteiger partial charge >= 0.3 is 0 Å². The maximum atomic E-state index is 10.2. The molecule has 0 saturated carbocycles. The molecule has 0 aliphatic carbocycles. The molecule has 6 nitrogen and oxygen atoms in total. The van der Waals surface area contributed by atoms with Crippen LogP contribution < -0.4 is 5.73 Å². The van der Waals surface area contributed by atoms with E-state index in [2.05, 4.69) is 21.9 Å². The summed E-state index contributed by atoms with van der Waals surface area (Å²) in [4.78, 5) is 10.4. The molecule has 1 aliphatic rings. The largest absolute Gasteiger partial charge is 0.494 e. The second-order valence-corrected chi connectivity index (χ2v) is 4.92. The van der Waals surface area contributed by atoms with Crippen LogP contribution in [0.25, 0.3) is 10.9 Å². The average Bonchev–Trinajstić information content (AvgIpc) is 2.67. The minimum Gasteiger partial charge on any atom is -0.494 e. The van der Waals surface area contributed by atoms with Crippen LogP contribution in [-0.2, 0) is 0 Å². The van der Waals surface area contributed by atoms with E-state index in [1.807, 2.05) is 10.8 Å². The summed E-state index contributed by atoms with van der Waals surface area (Å²) in [5.74, 6) is 0.489. The van der Waals surface area contributed by atoms with E-state index in [9.17, 15) is 5.11 Å². The van der Waals surface area contributed by atoms with Crippen LogP contribution in [0.3, 0.4) is 0 Å². The van der Waals surface area contributed by atoms with E-state index < -0.39 is 0 Å². The highest BCUT2D eigenvalue weighted by Gasteiger charge is 2.22. The number of rotatable bonds is 1. The van der Waals surface area contributed by atoms with Crippen LogP contribution in [-0.4, -0.2) is 44.7 Å². The van der Waals surface area contributed by atoms with E-state index in [1.165, 1.54) is 0 Å². The molecule has 3 rings (SSSR count). The van der Waals surface area contributed by atoms with Gasteiger partial charge in [0.15, 0.2) is 0 Å². The number of likely N-dealkylation sites (tertiary alicyclic amines) is 1. The molecule has 1 fully saturated rings. The van der Waals surface area contributed by atoms with Gasteiger partial charge in [0, 0.05) is 18.4 Å². The lowest BCUT2D eigenvalue weighted by Crippen LogP contribution is -2.31. The zero-order chi connectivity index (χ0) is 12.7. The molecule has 1 aliphatic heterocycles. The predicted molar refractivity (Wildman–Crippen MR) is 69.4 cm³/mol. The Morgan fingerprint density at radius 3 is 2.83 bits per heavy atom. The summed E-state index contributed by atoms with van der Waals surface area (Å²) in [6, 6.07) is 0.330. The molecule has 6 heteroatoms. The Morgan fingerprint density at radius 2 is 2.11 bits per heavy atom. The van der Waals surface area contributed by atoms with Crippen molar-refractivity contribution in [3.63, 3.8) is 0 Å². The zero-order valence-corrected chi connectivity index (χ0v) is 10.4. The number of aromatic nitrogens is 3. The van der Waals surface area contributed by atoms with Gasteiger partial charge in [-0.3, -0.25) is 0 Å². The number of nitrogen functional groups attached to an aromatic ring is 1. The quantitative estimate of drug-likeness (QED) is 0.785. The summed E-state index contributed by atoms with van der Waals surface area (Å²) < 4.78 is 1.91. The van der Waals surface area contributed by atoms with Gasteiger partial charge in [-0.2, -0.15) is 0 Å². The first kappa shape index (κ1) is 11.3. The van der Waals surface area contributed by atoms with E-state index in [4.69, 9.17) is 5.73 Å². The highest BCUT2D eigenvalue weighted by molar-refractivity contribution is 5.84. The average molecular weight is 247 g/mol. The van der Waals surface area contributed by atoms with Crippen LogP contribution >= 0.6 is 0 Å². The molecule has 0 spiro atoms. The molecule has 0 bridgehead atoms. The highest BCUT2D eigenvalue weighted by Crippen LogP contribution is 2.32. The Labute approximate surface area is 105 Å². The molecule has 2 aromatic heterocycles. The Hall–Kier alpha value is -1.82. The van der Waals surface area contributed by atoms with Crippen molar-refractivity contribution < 1.29 is 5.11 Å². The smallest absolute Gasteiger partial charge is 0.220 e. The molecule has 3 N–H and O–H groups in total. The Morgan fingerprint density at radius 1 is 1.39 bits per heavy atom. The lowest BCUT2D eigenvalue weighted by molar-refractivity contribution is 0.213. The molecule has 18 heavy (non-hydrogen) atoms. The number of fused-ring (bicyclic) bond motifs is 1. The van der Waals surface area contributed by atoms with E-state index in [0.29, 0.717) is 16.9 Å². The Balaban J connectivity index is 1.99. The van der Waals surface area contributed by atoms with Gasteiger partial charge in [0.25, 0.3) is 0 Å². The second-order valence-electron chi connectivity index (χ2n) is 4.92. The van der Waals surface area contributed by atoms with E-state index in [1.54, 1.807) is 6.20 Å². The monoisotopic (exact) mass is 247 g/mol. The van der Waals surface area contributed by atoms with Crippen LogP contribution in [0.1, 0.15) is 18.9 Å². The highest BCUT2D eigenvalue weighted by atomic mass is 16.3. The number of hydrogen-bond donors (Lipinski definition) is 2. The molecular formula is C12H17N5O. The third kappa shape index (κ3) is 1.78. The molecule has 0 amide bonds. The maximum absolute atomic E-state index is 10.2. The van der Waals surface area contributed by atoms with E-state index in [0.717, 1.165) is 25.9 Å². The normalized spacial score (nSPS) is 18.5. The van der Waals surface area contributed by atoms with Crippen molar-refractivity contribution in [1.82, 2.24) is 19.4 Å². The van der Waals surface area contributed by atoms with Crippen LogP contribution in [0, 0.1) is 0 Å². The molecule has 2 aromatic rings. The van der Waals surface area contributed by atoms with Gasteiger partial charge in [-0.25, -0.2) is 9.97 Å². The number of anilines is 1. The van der Waals surface area contributed by atoms with Gasteiger partial charge < -0.3 is 20.3 Å². The molecule has 3 heterocycles. The van der Waals surface area contributed by atoms with Crippen molar-refractivity contribution in [3.05, 3.63) is 12.4 Å². The van der Waals surface area contributed by atoms with Gasteiger partial charge in [-0.1, -0.05) is 0 Å². The number of aromatic hydroxyl groups is 1. The van der Waals surface area contributed by atoms with Crippen LogP contribution in [0.15, 0.2) is 12.4 Å². The first-order chi connectivity index (χ1) is 8.65. The molecule has 0 radical (unpaired) electrons.